The van der Waals surface area contributed by atoms with Crippen molar-refractivity contribution in [3.8, 4) is 5.88 Å². The molecule has 4 rings (SSSR count). The van der Waals surface area contributed by atoms with Crippen molar-refractivity contribution in [1.82, 2.24) is 24.8 Å². The van der Waals surface area contributed by atoms with Crippen molar-refractivity contribution in [2.24, 2.45) is 11.8 Å². The van der Waals surface area contributed by atoms with Gasteiger partial charge >= 0.3 is 0 Å². The number of halogens is 1. The van der Waals surface area contributed by atoms with Crippen LogP contribution in [0.2, 0.25) is 5.02 Å². The summed E-state index contributed by atoms with van der Waals surface area (Å²) in [6.45, 7) is 7.59. The number of nitrogens with zero attached hydrogens (tertiary/aromatic N) is 4. The molecule has 0 radical (unpaired) electrons. The Balaban J connectivity index is 1.46. The number of likely N-dealkylation sites (tertiary alicyclic amines) is 1. The van der Waals surface area contributed by atoms with E-state index in [4.69, 9.17) is 16.3 Å². The second-order valence-corrected chi connectivity index (χ2v) is 8.67. The first-order valence-corrected chi connectivity index (χ1v) is 10.6. The first-order chi connectivity index (χ1) is 14.8. The highest BCUT2D eigenvalue weighted by Crippen LogP contribution is 2.23. The van der Waals surface area contributed by atoms with Gasteiger partial charge in [0.1, 0.15) is 12.4 Å². The van der Waals surface area contributed by atoms with E-state index in [-0.39, 0.29) is 23.6 Å². The molecule has 1 N–H and O–H groups in total. The van der Waals surface area contributed by atoms with Crippen molar-refractivity contribution in [2.75, 3.05) is 13.1 Å². The lowest BCUT2D eigenvalue weighted by atomic mass is 9.91. The Kier molecular flexibility index (Phi) is 5.91. The van der Waals surface area contributed by atoms with Crippen LogP contribution < -0.4 is 10.3 Å². The first-order valence-electron chi connectivity index (χ1n) is 10.2. The van der Waals surface area contributed by atoms with Crippen LogP contribution >= 0.6 is 11.6 Å². The number of carbonyl (C=O) groups is 1. The standard InChI is InChI=1S/C22H24ClN5O3/c1-12-6-13(2)10-28(9-12)22(30)15-4-5-19(24-8-15)31-11-18-16(23)7-17-20(27-18)21(29)26-14(3)25-17/h4-5,7-8,12-13H,6,9-11H2,1-3H3,(H,25,26,29). The van der Waals surface area contributed by atoms with Crippen molar-refractivity contribution >= 4 is 28.5 Å². The van der Waals surface area contributed by atoms with Gasteiger partial charge in [0.05, 0.1) is 21.8 Å². The lowest BCUT2D eigenvalue weighted by Crippen LogP contribution is -2.42. The first kappa shape index (κ1) is 21.2. The second-order valence-electron chi connectivity index (χ2n) is 8.27. The molecule has 0 aromatic carbocycles. The Morgan fingerprint density at radius 3 is 2.68 bits per heavy atom. The van der Waals surface area contributed by atoms with Crippen molar-refractivity contribution in [2.45, 2.75) is 33.8 Å². The molecule has 1 saturated heterocycles. The van der Waals surface area contributed by atoms with Gasteiger partial charge in [0.2, 0.25) is 5.88 Å². The molecule has 1 fully saturated rings. The summed E-state index contributed by atoms with van der Waals surface area (Å²) in [7, 11) is 0. The zero-order valence-electron chi connectivity index (χ0n) is 17.7. The van der Waals surface area contributed by atoms with Gasteiger partial charge in [-0.25, -0.2) is 15.0 Å². The van der Waals surface area contributed by atoms with E-state index < -0.39 is 0 Å². The maximum atomic E-state index is 12.8. The van der Waals surface area contributed by atoms with Gasteiger partial charge in [-0.15, -0.1) is 0 Å². The molecule has 2 unspecified atom stereocenters. The van der Waals surface area contributed by atoms with Crippen LogP contribution in [0.15, 0.2) is 29.2 Å². The number of aromatic nitrogens is 4. The Bertz CT molecular complexity index is 1170. The molecule has 162 valence electrons. The lowest BCUT2D eigenvalue weighted by molar-refractivity contribution is 0.0622. The molecule has 1 aliphatic rings. The smallest absolute Gasteiger partial charge is 0.277 e. The van der Waals surface area contributed by atoms with E-state index in [1.165, 1.54) is 6.20 Å². The summed E-state index contributed by atoms with van der Waals surface area (Å²) in [5, 5.41) is 0.352. The minimum absolute atomic E-state index is 0.0151. The molecular weight excluding hydrogens is 418 g/mol. The van der Waals surface area contributed by atoms with E-state index in [9.17, 15) is 9.59 Å². The van der Waals surface area contributed by atoms with Gasteiger partial charge < -0.3 is 14.6 Å². The van der Waals surface area contributed by atoms with Crippen LogP contribution in [0.5, 0.6) is 5.88 Å². The monoisotopic (exact) mass is 441 g/mol. The number of amides is 1. The summed E-state index contributed by atoms with van der Waals surface area (Å²) in [4.78, 5) is 42.2. The van der Waals surface area contributed by atoms with Crippen molar-refractivity contribution in [3.05, 3.63) is 56.9 Å². The summed E-state index contributed by atoms with van der Waals surface area (Å²) in [6.07, 6.45) is 2.66. The quantitative estimate of drug-likeness (QED) is 0.666. The third kappa shape index (κ3) is 4.69. The highest BCUT2D eigenvalue weighted by molar-refractivity contribution is 6.31. The molecule has 9 heteroatoms. The SMILES string of the molecule is Cc1nc2cc(Cl)c(COc3ccc(C(=O)N4CC(C)CC(C)C4)cn3)nc2c(=O)[nH]1. The molecule has 0 spiro atoms. The lowest BCUT2D eigenvalue weighted by Gasteiger charge is -2.35. The van der Waals surface area contributed by atoms with E-state index in [2.05, 4.69) is 33.8 Å². The van der Waals surface area contributed by atoms with E-state index in [1.54, 1.807) is 25.1 Å². The van der Waals surface area contributed by atoms with Crippen LogP contribution in [0.25, 0.3) is 11.0 Å². The third-order valence-electron chi connectivity index (χ3n) is 5.32. The average molecular weight is 442 g/mol. The van der Waals surface area contributed by atoms with Gasteiger partial charge in [0.15, 0.2) is 5.52 Å². The number of ether oxygens (including phenoxy) is 1. The minimum Gasteiger partial charge on any atom is -0.471 e. The number of pyridine rings is 2. The number of rotatable bonds is 4. The van der Waals surface area contributed by atoms with Gasteiger partial charge in [-0.3, -0.25) is 9.59 Å². The molecule has 2 atom stereocenters. The summed E-state index contributed by atoms with van der Waals surface area (Å²) < 4.78 is 5.68. The van der Waals surface area contributed by atoms with Gasteiger partial charge in [-0.2, -0.15) is 0 Å². The fraction of sp³-hybridized carbons (Fsp3) is 0.409. The molecule has 0 bridgehead atoms. The molecule has 0 saturated carbocycles. The van der Waals surface area contributed by atoms with Gasteiger partial charge in [-0.1, -0.05) is 25.4 Å². The third-order valence-corrected chi connectivity index (χ3v) is 5.65. The largest absolute Gasteiger partial charge is 0.471 e. The predicted octanol–water partition coefficient (Wildman–Crippen LogP) is 3.37. The second kappa shape index (κ2) is 8.63. The van der Waals surface area contributed by atoms with E-state index in [1.807, 2.05) is 4.90 Å². The summed E-state index contributed by atoms with van der Waals surface area (Å²) in [5.41, 5.74) is 1.24. The zero-order chi connectivity index (χ0) is 22.1. The Morgan fingerprint density at radius 2 is 2.00 bits per heavy atom. The van der Waals surface area contributed by atoms with Gasteiger partial charge in [0.25, 0.3) is 11.5 Å². The molecule has 1 aliphatic heterocycles. The van der Waals surface area contributed by atoms with Crippen LogP contribution in [-0.4, -0.2) is 43.8 Å². The fourth-order valence-electron chi connectivity index (χ4n) is 4.05. The minimum atomic E-state index is -0.331. The normalized spacial score (nSPS) is 18.9. The number of hydrogen-bond donors (Lipinski definition) is 1. The number of hydrogen-bond acceptors (Lipinski definition) is 6. The predicted molar refractivity (Wildman–Crippen MR) is 117 cm³/mol. The van der Waals surface area contributed by atoms with Crippen LogP contribution in [-0.2, 0) is 6.61 Å². The summed E-state index contributed by atoms with van der Waals surface area (Å²) in [6, 6.07) is 4.96. The summed E-state index contributed by atoms with van der Waals surface area (Å²) >= 11 is 6.29. The average Bonchev–Trinajstić information content (AvgIpc) is 2.71. The Morgan fingerprint density at radius 1 is 1.26 bits per heavy atom. The van der Waals surface area contributed by atoms with Crippen molar-refractivity contribution in [3.63, 3.8) is 0 Å². The summed E-state index contributed by atoms with van der Waals surface area (Å²) in [5.74, 6) is 1.80. The number of carbonyl (C=O) groups excluding carboxylic acids is 1. The molecular formula is C22H24ClN5O3. The number of nitrogens with one attached hydrogen (secondary N) is 1. The molecule has 3 aromatic heterocycles. The maximum Gasteiger partial charge on any atom is 0.277 e. The molecule has 3 aromatic rings. The fourth-order valence-corrected chi connectivity index (χ4v) is 4.25. The van der Waals surface area contributed by atoms with Gasteiger partial charge in [0, 0.05) is 25.4 Å². The van der Waals surface area contributed by atoms with E-state index >= 15 is 0 Å². The molecule has 31 heavy (non-hydrogen) atoms. The molecule has 4 heterocycles. The number of H-pyrrole nitrogens is 1. The van der Waals surface area contributed by atoms with Crippen LogP contribution in [0.4, 0.5) is 0 Å². The van der Waals surface area contributed by atoms with Crippen LogP contribution in [0, 0.1) is 18.8 Å². The Hall–Kier alpha value is -3.00. The van der Waals surface area contributed by atoms with Crippen molar-refractivity contribution in [1.29, 1.82) is 0 Å². The van der Waals surface area contributed by atoms with Crippen LogP contribution in [0.1, 0.15) is 42.1 Å². The van der Waals surface area contributed by atoms with Crippen LogP contribution in [0.3, 0.4) is 0 Å². The number of aryl methyl sites for hydroxylation is 1. The van der Waals surface area contributed by atoms with Gasteiger partial charge in [-0.05, 0) is 37.3 Å². The topological polar surface area (TPSA) is 101 Å². The highest BCUT2D eigenvalue weighted by atomic mass is 35.5. The molecule has 0 aliphatic carbocycles. The van der Waals surface area contributed by atoms with Crippen molar-refractivity contribution < 1.29 is 9.53 Å². The van der Waals surface area contributed by atoms with E-state index in [0.29, 0.717) is 45.3 Å². The maximum absolute atomic E-state index is 12.8. The molecule has 1 amide bonds. The number of fused-ring (bicyclic) bond motifs is 1. The number of aromatic amines is 1. The number of piperidine rings is 1. The highest BCUT2D eigenvalue weighted by Gasteiger charge is 2.26. The van der Waals surface area contributed by atoms with E-state index in [0.717, 1.165) is 19.5 Å². The molecule has 8 nitrogen and oxygen atoms in total. The zero-order valence-corrected chi connectivity index (χ0v) is 18.4. The Labute approximate surface area is 184 Å².